The normalized spacial score (nSPS) is 24.2. The summed E-state index contributed by atoms with van der Waals surface area (Å²) in [5.41, 5.74) is 13.6. The number of carbonyl (C=O) groups is 2. The predicted molar refractivity (Wildman–Crippen MR) is 228 cm³/mol. The molecule has 2 aliphatic heterocycles. The van der Waals surface area contributed by atoms with Crippen LogP contribution in [0.15, 0.2) is 146 Å². The first-order valence-electron chi connectivity index (χ1n) is 19.2. The quantitative estimate of drug-likeness (QED) is 0.256. The summed E-state index contributed by atoms with van der Waals surface area (Å²) in [7, 11) is 3.98. The van der Waals surface area contributed by atoms with Gasteiger partial charge in [-0.2, -0.15) is 0 Å². The highest BCUT2D eigenvalue weighted by atomic mass is 32.2. The Hall–Kier alpha value is -5.53. The number of ketones is 2. The van der Waals surface area contributed by atoms with E-state index in [9.17, 15) is 19.8 Å². The highest BCUT2D eigenvalue weighted by Crippen LogP contribution is 2.56. The van der Waals surface area contributed by atoms with E-state index in [-0.39, 0.29) is 33.9 Å². The number of benzene rings is 3. The number of aliphatic hydroxyl groups excluding tert-OH is 2. The molecule has 0 spiro atoms. The van der Waals surface area contributed by atoms with Crippen LogP contribution in [0.1, 0.15) is 83.2 Å². The van der Waals surface area contributed by atoms with Crippen LogP contribution in [0.2, 0.25) is 0 Å². The third-order valence-electron chi connectivity index (χ3n) is 13.3. The molecule has 282 valence electrons. The lowest BCUT2D eigenvalue weighted by molar-refractivity contribution is -0.114. The monoisotopic (exact) mass is 758 g/mol. The van der Waals surface area contributed by atoms with Crippen LogP contribution < -0.4 is 9.80 Å². The van der Waals surface area contributed by atoms with Gasteiger partial charge in [-0.1, -0.05) is 102 Å². The molecular formula is C49H46N2O4S. The van der Waals surface area contributed by atoms with Crippen LogP contribution in [0.4, 0.5) is 11.4 Å². The first kappa shape index (κ1) is 36.1. The Kier molecular flexibility index (Phi) is 7.58. The van der Waals surface area contributed by atoms with Gasteiger partial charge in [0.15, 0.2) is 0 Å². The van der Waals surface area contributed by atoms with Gasteiger partial charge in [-0.3, -0.25) is 9.59 Å². The van der Waals surface area contributed by atoms with E-state index in [4.69, 9.17) is 0 Å². The molecule has 0 aromatic heterocycles. The summed E-state index contributed by atoms with van der Waals surface area (Å²) in [5.74, 6) is -0.245. The van der Waals surface area contributed by atoms with Crippen LogP contribution >= 0.6 is 11.8 Å². The first-order valence-corrected chi connectivity index (χ1v) is 20.0. The van der Waals surface area contributed by atoms with E-state index in [1.807, 2.05) is 56.6 Å². The molecule has 7 heteroatoms. The molecule has 9 rings (SSSR count). The molecule has 3 aromatic rings. The van der Waals surface area contributed by atoms with Gasteiger partial charge >= 0.3 is 0 Å². The van der Waals surface area contributed by atoms with E-state index >= 15 is 0 Å². The van der Waals surface area contributed by atoms with Crippen LogP contribution in [0, 0.1) is 0 Å². The molecule has 0 saturated heterocycles. The topological polar surface area (TPSA) is 81.1 Å². The summed E-state index contributed by atoms with van der Waals surface area (Å²) in [6.07, 6.45) is 7.41. The lowest BCUT2D eigenvalue weighted by Crippen LogP contribution is -2.27. The van der Waals surface area contributed by atoms with E-state index in [0.29, 0.717) is 22.3 Å². The molecular weight excluding hydrogens is 713 g/mol. The number of rotatable bonds is 4. The number of likely N-dealkylation sites (N-methyl/N-ethyl adjacent to an activating group) is 1. The molecule has 2 heterocycles. The van der Waals surface area contributed by atoms with Gasteiger partial charge in [-0.05, 0) is 100 Å². The number of carbonyl (C=O) groups excluding carboxylic acids is 2. The van der Waals surface area contributed by atoms with E-state index in [1.54, 1.807) is 17.8 Å². The highest BCUT2D eigenvalue weighted by molar-refractivity contribution is 8.03. The summed E-state index contributed by atoms with van der Waals surface area (Å²) < 4.78 is 0. The summed E-state index contributed by atoms with van der Waals surface area (Å²) in [6.45, 7) is 17.1. The number of aliphatic hydroxyl groups is 2. The second-order valence-corrected chi connectivity index (χ2v) is 18.5. The second kappa shape index (κ2) is 11.7. The fourth-order valence-electron chi connectivity index (χ4n) is 9.85. The molecule has 0 saturated carbocycles. The molecule has 0 amide bonds. The van der Waals surface area contributed by atoms with Crippen molar-refractivity contribution in [1.29, 1.82) is 0 Å². The van der Waals surface area contributed by atoms with E-state index in [0.717, 1.165) is 54.9 Å². The molecule has 56 heavy (non-hydrogen) atoms. The largest absolute Gasteiger partial charge is 0.506 e. The smallest absolute Gasteiger partial charge is 0.200 e. The van der Waals surface area contributed by atoms with E-state index in [1.165, 1.54) is 22.3 Å². The zero-order valence-corrected chi connectivity index (χ0v) is 34.4. The number of hydrogen-bond donors (Lipinski definition) is 2. The van der Waals surface area contributed by atoms with Gasteiger partial charge in [0.25, 0.3) is 0 Å². The van der Waals surface area contributed by atoms with Crippen LogP contribution in [-0.4, -0.2) is 35.9 Å². The average molecular weight is 759 g/mol. The Balaban J connectivity index is 0.987. The second-order valence-electron chi connectivity index (χ2n) is 17.4. The maximum atomic E-state index is 13.7. The zero-order valence-electron chi connectivity index (χ0n) is 33.6. The number of fused-ring (bicyclic) bond motifs is 4. The molecule has 0 atom stereocenters. The lowest BCUT2D eigenvalue weighted by Gasteiger charge is -2.28. The molecule has 2 N–H and O–H groups in total. The van der Waals surface area contributed by atoms with Crippen LogP contribution in [0.25, 0.3) is 11.1 Å². The van der Waals surface area contributed by atoms with Gasteiger partial charge in [0.1, 0.15) is 11.5 Å². The fourth-order valence-corrected chi connectivity index (χ4v) is 11.0. The minimum atomic E-state index is -0.469. The maximum absolute atomic E-state index is 13.7. The molecule has 3 aromatic carbocycles. The lowest BCUT2D eigenvalue weighted by atomic mass is 9.77. The summed E-state index contributed by atoms with van der Waals surface area (Å²) in [5, 5.41) is 23.4. The number of thioether (sulfide) groups is 1. The number of Topliss-reactive ketones (excluding diaryl/α,β-unsaturated/α-hetero) is 2. The Labute approximate surface area is 333 Å². The third-order valence-corrected chi connectivity index (χ3v) is 14.5. The SMILES string of the molecule is CC1=C(C=C2C(=O)C(C=C3Sc4cc5c(cc4N3C)C(C)(C)C(=CC3=C(O)C(=CC4=C(C)c6ccccc6C4(C)C)C3=O)N5C)=C2O)C(C)(C)c2ccccc21. The van der Waals surface area contributed by atoms with Crippen molar-refractivity contribution in [3.63, 3.8) is 0 Å². The van der Waals surface area contributed by atoms with Crippen molar-refractivity contribution in [2.75, 3.05) is 23.9 Å². The molecule has 4 aliphatic carbocycles. The number of nitrogens with zero attached hydrogens (tertiary/aromatic N) is 2. The predicted octanol–water partition coefficient (Wildman–Crippen LogP) is 10.9. The van der Waals surface area contributed by atoms with Crippen molar-refractivity contribution in [3.8, 4) is 0 Å². The number of allylic oxidation sites excluding steroid dienone is 13. The fraction of sp³-hybridized carbons (Fsp3) is 0.265. The average Bonchev–Trinajstić information content (AvgIpc) is 3.72. The maximum Gasteiger partial charge on any atom is 0.200 e. The van der Waals surface area contributed by atoms with Crippen molar-refractivity contribution in [2.24, 2.45) is 0 Å². The standard InChI is InChI=1S/C49H46N2O4S/c1-25-27-15-11-13-17-33(27)47(3,4)35(25)19-29-43(52)31(44(29)53)21-41-49(7,8)37-23-39-40(24-38(37)50(41)9)56-42(51(39)10)22-32-45(54)30(46(32)55)20-36-26(2)28-16-12-14-18-34(28)48(36,5)6/h11-24,52,54H,1-10H3. The number of hydrogen-bond acceptors (Lipinski definition) is 7. The van der Waals surface area contributed by atoms with Crippen molar-refractivity contribution < 1.29 is 19.8 Å². The van der Waals surface area contributed by atoms with Gasteiger partial charge < -0.3 is 20.0 Å². The minimum absolute atomic E-state index is 0.0302. The summed E-state index contributed by atoms with van der Waals surface area (Å²) in [4.78, 5) is 32.5. The molecule has 6 nitrogen and oxygen atoms in total. The molecule has 0 bridgehead atoms. The molecule has 0 unspecified atom stereocenters. The third kappa shape index (κ3) is 4.70. The Morgan fingerprint density at radius 2 is 1.07 bits per heavy atom. The van der Waals surface area contributed by atoms with Crippen LogP contribution in [-0.2, 0) is 25.8 Å². The summed E-state index contributed by atoms with van der Waals surface area (Å²) >= 11 is 1.56. The van der Waals surface area contributed by atoms with E-state index in [2.05, 4.69) is 102 Å². The minimum Gasteiger partial charge on any atom is -0.506 e. The van der Waals surface area contributed by atoms with Crippen molar-refractivity contribution >= 4 is 45.8 Å². The van der Waals surface area contributed by atoms with Gasteiger partial charge in [-0.25, -0.2) is 0 Å². The Bertz CT molecular complexity index is 2690. The van der Waals surface area contributed by atoms with E-state index < -0.39 is 5.41 Å². The Morgan fingerprint density at radius 3 is 1.55 bits per heavy atom. The van der Waals surface area contributed by atoms with Gasteiger partial charge in [0.2, 0.25) is 11.6 Å². The zero-order chi connectivity index (χ0) is 40.0. The number of anilines is 2. The van der Waals surface area contributed by atoms with Gasteiger partial charge in [0, 0.05) is 46.6 Å². The van der Waals surface area contributed by atoms with Crippen molar-refractivity contribution in [1.82, 2.24) is 0 Å². The molecule has 0 radical (unpaired) electrons. The Morgan fingerprint density at radius 1 is 0.589 bits per heavy atom. The molecule has 6 aliphatic rings. The van der Waals surface area contributed by atoms with Crippen LogP contribution in [0.5, 0.6) is 0 Å². The highest BCUT2D eigenvalue weighted by Gasteiger charge is 2.45. The first-order chi connectivity index (χ1) is 26.4. The van der Waals surface area contributed by atoms with Crippen molar-refractivity contribution in [3.05, 3.63) is 168 Å². The van der Waals surface area contributed by atoms with Gasteiger partial charge in [0.05, 0.1) is 33.0 Å². The molecule has 0 fully saturated rings. The summed E-state index contributed by atoms with van der Waals surface area (Å²) in [6, 6.07) is 21.0. The van der Waals surface area contributed by atoms with Crippen LogP contribution in [0.3, 0.4) is 0 Å². The van der Waals surface area contributed by atoms with Gasteiger partial charge in [-0.15, -0.1) is 0 Å². The van der Waals surface area contributed by atoms with Crippen molar-refractivity contribution in [2.45, 2.75) is 76.5 Å².